The first-order chi connectivity index (χ1) is 28.3. The van der Waals surface area contributed by atoms with Gasteiger partial charge >= 0.3 is 11.9 Å². The van der Waals surface area contributed by atoms with Crippen molar-refractivity contribution in [3.63, 3.8) is 0 Å². The number of nitrogens with one attached hydrogen (secondary N) is 3. The van der Waals surface area contributed by atoms with Gasteiger partial charge in [0, 0.05) is 51.6 Å². The number of hydrogen-bond acceptors (Lipinski definition) is 15. The highest BCUT2D eigenvalue weighted by molar-refractivity contribution is 7.10. The number of aromatic nitrogens is 8. The molecular formula is C39H32Cl2N10O5S2. The minimum Gasteiger partial charge on any atom is -0.465 e. The van der Waals surface area contributed by atoms with Crippen molar-refractivity contribution < 1.29 is 23.8 Å². The van der Waals surface area contributed by atoms with Gasteiger partial charge in [0.25, 0.3) is 0 Å². The average molecular weight is 856 g/mol. The molecule has 4 aromatic heterocycles. The molecule has 8 aromatic rings. The highest BCUT2D eigenvalue weighted by Gasteiger charge is 2.21. The summed E-state index contributed by atoms with van der Waals surface area (Å²) < 4.78 is 26.0. The molecule has 0 aliphatic carbocycles. The Bertz CT molecular complexity index is 2760. The van der Waals surface area contributed by atoms with Crippen LogP contribution in [0.2, 0.25) is 10.0 Å². The number of halogens is 2. The number of methoxy groups -OCH3 is 2. The van der Waals surface area contributed by atoms with E-state index in [-0.39, 0.29) is 6.23 Å². The molecule has 1 fully saturated rings. The van der Waals surface area contributed by atoms with Crippen molar-refractivity contribution in [1.82, 2.24) is 38.7 Å². The molecule has 3 N–H and O–H groups in total. The van der Waals surface area contributed by atoms with Gasteiger partial charge in [-0.15, -0.1) is 0 Å². The van der Waals surface area contributed by atoms with Crippen molar-refractivity contribution in [3.8, 4) is 22.8 Å². The largest absolute Gasteiger partial charge is 0.465 e. The fraction of sp³-hybridized carbons (Fsp3) is 0.179. The summed E-state index contributed by atoms with van der Waals surface area (Å²) >= 11 is 15.5. The number of H-pyrrole nitrogens is 1. The Labute approximate surface area is 348 Å². The van der Waals surface area contributed by atoms with E-state index in [2.05, 4.69) is 44.6 Å². The Balaban J connectivity index is 0.000000165. The van der Waals surface area contributed by atoms with Crippen molar-refractivity contribution in [3.05, 3.63) is 106 Å². The molecule has 58 heavy (non-hydrogen) atoms. The van der Waals surface area contributed by atoms with Crippen LogP contribution in [0.15, 0.2) is 85.2 Å². The molecule has 9 rings (SSSR count). The Morgan fingerprint density at radius 1 is 0.793 bits per heavy atom. The maximum absolute atomic E-state index is 11.8. The number of carbonyl (C=O) groups is 2. The van der Waals surface area contributed by atoms with E-state index in [1.54, 1.807) is 48.8 Å². The summed E-state index contributed by atoms with van der Waals surface area (Å²) in [6.45, 7) is 0.751. The zero-order chi connectivity index (χ0) is 40.2. The third-order valence-corrected chi connectivity index (χ3v) is 11.2. The lowest BCUT2D eigenvalue weighted by atomic mass is 10.1. The van der Waals surface area contributed by atoms with Crippen LogP contribution in [0.4, 0.5) is 21.6 Å². The minimum absolute atomic E-state index is 0.0531. The fourth-order valence-corrected chi connectivity index (χ4v) is 7.95. The summed E-state index contributed by atoms with van der Waals surface area (Å²) in [5.41, 5.74) is 5.58. The second-order valence-corrected chi connectivity index (χ2v) is 15.0. The first-order valence-corrected chi connectivity index (χ1v) is 20.1. The lowest BCUT2D eigenvalue weighted by Crippen LogP contribution is -2.18. The molecule has 1 aliphatic heterocycles. The van der Waals surface area contributed by atoms with Crippen LogP contribution in [0.25, 0.3) is 44.6 Å². The molecule has 15 nitrogen and oxygen atoms in total. The zero-order valence-corrected chi connectivity index (χ0v) is 33.9. The predicted molar refractivity (Wildman–Crippen MR) is 225 cm³/mol. The monoisotopic (exact) mass is 854 g/mol. The molecule has 294 valence electrons. The van der Waals surface area contributed by atoms with Crippen molar-refractivity contribution in [2.75, 3.05) is 31.5 Å². The maximum atomic E-state index is 11.8. The third kappa shape index (κ3) is 8.21. The highest BCUT2D eigenvalue weighted by atomic mass is 35.5. The van der Waals surface area contributed by atoms with Crippen LogP contribution in [0.5, 0.6) is 0 Å². The molecule has 4 aromatic carbocycles. The summed E-state index contributed by atoms with van der Waals surface area (Å²) in [7, 11) is 2.70. The van der Waals surface area contributed by atoms with Crippen molar-refractivity contribution >= 4 is 102 Å². The number of carbonyl (C=O) groups excluding carboxylic acids is 2. The molecule has 1 unspecified atom stereocenters. The molecule has 0 radical (unpaired) electrons. The first kappa shape index (κ1) is 38.9. The quantitative estimate of drug-likeness (QED) is 0.117. The lowest BCUT2D eigenvalue weighted by molar-refractivity contribution is -0.0366. The fourth-order valence-electron chi connectivity index (χ4n) is 6.23. The van der Waals surface area contributed by atoms with Crippen molar-refractivity contribution in [2.45, 2.75) is 25.5 Å². The summed E-state index contributed by atoms with van der Waals surface area (Å²) in [4.78, 5) is 32.5. The molecule has 1 atom stereocenters. The second kappa shape index (κ2) is 17.3. The van der Waals surface area contributed by atoms with Crippen LogP contribution in [0.3, 0.4) is 0 Å². The predicted octanol–water partition coefficient (Wildman–Crippen LogP) is 9.70. The van der Waals surface area contributed by atoms with E-state index in [0.717, 1.165) is 58.8 Å². The summed E-state index contributed by atoms with van der Waals surface area (Å²) in [5, 5.41) is 21.8. The van der Waals surface area contributed by atoms with Gasteiger partial charge in [0.05, 0.1) is 70.2 Å². The zero-order valence-electron chi connectivity index (χ0n) is 30.7. The van der Waals surface area contributed by atoms with Crippen LogP contribution in [0.1, 0.15) is 46.2 Å². The third-order valence-electron chi connectivity index (χ3n) is 9.12. The van der Waals surface area contributed by atoms with E-state index in [1.807, 2.05) is 41.1 Å². The van der Waals surface area contributed by atoms with Gasteiger partial charge in [0.1, 0.15) is 0 Å². The Kier molecular flexibility index (Phi) is 11.6. The standard InChI is InChI=1S/C22H20ClN5O3S.C17H12ClN5O2S/c1-30-21(29)14-6-4-5-13(11-14)20-26-22(32-27-20)25-16-8-9-17-15(19(16)23)12-24-28(17)18-7-2-3-10-31-18;1-25-16(24)10-4-2-3-9(7-10)15-21-17(26-23-15)20-13-6-5-12-11(14(13)18)8-19-22-12/h4-6,8-9,11-12,18H,2-3,7,10H2,1H3,(H,25,26,27);2-8H,1H3,(H,19,22)(H,20,21,23). The number of aromatic amines is 1. The van der Waals surface area contributed by atoms with E-state index in [4.69, 9.17) is 37.4 Å². The number of fused-ring (bicyclic) bond motifs is 2. The van der Waals surface area contributed by atoms with Gasteiger partial charge in [-0.05, 0) is 67.8 Å². The molecule has 0 spiro atoms. The average Bonchev–Trinajstić information content (AvgIpc) is 4.11. The number of ether oxygens (including phenoxy) is 3. The molecule has 1 aliphatic rings. The van der Waals surface area contributed by atoms with E-state index >= 15 is 0 Å². The van der Waals surface area contributed by atoms with Crippen LogP contribution < -0.4 is 10.6 Å². The van der Waals surface area contributed by atoms with Gasteiger partial charge < -0.3 is 24.8 Å². The van der Waals surface area contributed by atoms with Gasteiger partial charge in [0.2, 0.25) is 10.3 Å². The SMILES string of the molecule is COC(=O)c1cccc(-c2nsc(Nc3ccc4[nH]ncc4c3Cl)n2)c1.COC(=O)c1cccc(-c2nsc(Nc3ccc4c(cnn4C4CCCCO4)c3Cl)n2)c1. The van der Waals surface area contributed by atoms with Gasteiger partial charge in [-0.25, -0.2) is 14.3 Å². The van der Waals surface area contributed by atoms with Crippen molar-refractivity contribution in [2.24, 2.45) is 0 Å². The lowest BCUT2D eigenvalue weighted by Gasteiger charge is -2.23. The molecular weight excluding hydrogens is 824 g/mol. The van der Waals surface area contributed by atoms with Crippen LogP contribution in [0, 0.1) is 0 Å². The normalized spacial score (nSPS) is 13.8. The van der Waals surface area contributed by atoms with Gasteiger partial charge in [-0.3, -0.25) is 5.10 Å². The Morgan fingerprint density at radius 2 is 1.40 bits per heavy atom. The Morgan fingerprint density at radius 3 is 1.98 bits per heavy atom. The molecule has 5 heterocycles. The van der Waals surface area contributed by atoms with Gasteiger partial charge in [-0.1, -0.05) is 47.5 Å². The molecule has 0 amide bonds. The number of esters is 2. The maximum Gasteiger partial charge on any atom is 0.337 e. The van der Waals surface area contributed by atoms with E-state index < -0.39 is 11.9 Å². The van der Waals surface area contributed by atoms with E-state index in [0.29, 0.717) is 54.5 Å². The van der Waals surface area contributed by atoms with E-state index in [1.165, 1.54) is 37.3 Å². The van der Waals surface area contributed by atoms with E-state index in [9.17, 15) is 9.59 Å². The second-order valence-electron chi connectivity index (χ2n) is 12.8. The Hall–Kier alpha value is -5.98. The highest BCUT2D eigenvalue weighted by Crippen LogP contribution is 2.37. The van der Waals surface area contributed by atoms with Crippen LogP contribution in [-0.2, 0) is 14.2 Å². The number of rotatable bonds is 9. The summed E-state index contributed by atoms with van der Waals surface area (Å²) in [6, 6.07) is 21.6. The van der Waals surface area contributed by atoms with Crippen LogP contribution in [-0.4, -0.2) is 71.5 Å². The minimum atomic E-state index is -0.403. The van der Waals surface area contributed by atoms with Gasteiger partial charge in [0.15, 0.2) is 17.9 Å². The van der Waals surface area contributed by atoms with Crippen molar-refractivity contribution in [1.29, 1.82) is 0 Å². The van der Waals surface area contributed by atoms with Gasteiger partial charge in [-0.2, -0.15) is 28.9 Å². The molecule has 19 heteroatoms. The number of nitrogens with zero attached hydrogens (tertiary/aromatic N) is 7. The molecule has 1 saturated heterocycles. The molecule has 0 bridgehead atoms. The summed E-state index contributed by atoms with van der Waals surface area (Å²) in [6.07, 6.45) is 6.54. The number of anilines is 4. The topological polar surface area (TPSA) is 184 Å². The molecule has 0 saturated carbocycles. The van der Waals surface area contributed by atoms with Crippen LogP contribution >= 0.6 is 46.3 Å². The summed E-state index contributed by atoms with van der Waals surface area (Å²) in [5.74, 6) is 0.229. The number of benzene rings is 4. The first-order valence-electron chi connectivity index (χ1n) is 17.8. The number of hydrogen-bond donors (Lipinski definition) is 3. The smallest absolute Gasteiger partial charge is 0.337 e.